The number of rotatable bonds is 18. The van der Waals surface area contributed by atoms with Crippen LogP contribution in [0.4, 0.5) is 5.69 Å². The van der Waals surface area contributed by atoms with Gasteiger partial charge < -0.3 is 19.1 Å². The van der Waals surface area contributed by atoms with E-state index in [0.717, 1.165) is 43.5 Å². The fourth-order valence-corrected chi connectivity index (χ4v) is 4.67. The molecular weight excluding hydrogens is 478 g/mol. The lowest BCUT2D eigenvalue weighted by Crippen LogP contribution is -2.18. The number of carbonyl (C=O) groups is 2. The summed E-state index contributed by atoms with van der Waals surface area (Å²) in [6.07, 6.45) is 7.37. The molecular formula is C32H47NO5. The number of esters is 2. The van der Waals surface area contributed by atoms with Gasteiger partial charge >= 0.3 is 11.9 Å². The van der Waals surface area contributed by atoms with Crippen LogP contribution >= 0.6 is 0 Å². The Balaban J connectivity index is 1.88. The van der Waals surface area contributed by atoms with Crippen LogP contribution in [0.15, 0.2) is 36.4 Å². The van der Waals surface area contributed by atoms with Crippen LogP contribution in [0, 0.1) is 13.8 Å². The van der Waals surface area contributed by atoms with Crippen LogP contribution in [0.1, 0.15) is 81.0 Å². The minimum absolute atomic E-state index is 0.191. The van der Waals surface area contributed by atoms with Crippen molar-refractivity contribution in [3.05, 3.63) is 58.7 Å². The zero-order valence-electron chi connectivity index (χ0n) is 24.1. The Morgan fingerprint density at radius 3 is 2.13 bits per heavy atom. The predicted octanol–water partition coefficient (Wildman–Crippen LogP) is 6.76. The molecule has 2 rings (SSSR count). The molecule has 0 aliphatic rings. The zero-order valence-corrected chi connectivity index (χ0v) is 24.1. The number of carbonyl (C=O) groups excluding carboxylic acids is 2. The number of unbranched alkanes of at least 4 members (excludes halogenated alkanes) is 3. The summed E-state index contributed by atoms with van der Waals surface area (Å²) in [4.78, 5) is 26.0. The molecule has 0 atom stereocenters. The van der Waals surface area contributed by atoms with Crippen molar-refractivity contribution in [2.24, 2.45) is 0 Å². The predicted molar refractivity (Wildman–Crippen MR) is 154 cm³/mol. The van der Waals surface area contributed by atoms with E-state index in [1.54, 1.807) is 6.92 Å². The van der Waals surface area contributed by atoms with Crippen molar-refractivity contribution in [2.75, 3.05) is 38.3 Å². The number of hydrogen-bond donors (Lipinski definition) is 0. The summed E-state index contributed by atoms with van der Waals surface area (Å²) < 4.78 is 16.2. The van der Waals surface area contributed by atoms with Crippen molar-refractivity contribution in [3.63, 3.8) is 0 Å². The van der Waals surface area contributed by atoms with E-state index in [0.29, 0.717) is 45.5 Å². The molecule has 0 radical (unpaired) electrons. The van der Waals surface area contributed by atoms with Gasteiger partial charge in [0.25, 0.3) is 0 Å². The molecule has 0 bridgehead atoms. The van der Waals surface area contributed by atoms with Crippen LogP contribution in [0.25, 0.3) is 0 Å². The third-order valence-corrected chi connectivity index (χ3v) is 6.54. The molecule has 0 aliphatic heterocycles. The van der Waals surface area contributed by atoms with Crippen LogP contribution in [0.5, 0.6) is 5.75 Å². The van der Waals surface area contributed by atoms with Gasteiger partial charge in [0.15, 0.2) is 0 Å². The van der Waals surface area contributed by atoms with Gasteiger partial charge in [0.1, 0.15) is 5.75 Å². The molecule has 0 fully saturated rings. The highest BCUT2D eigenvalue weighted by Crippen LogP contribution is 2.27. The summed E-state index contributed by atoms with van der Waals surface area (Å²) in [6, 6.07) is 12.8. The SMILES string of the molecule is CCOC(=O)CCCOc1cccc(CCCCCCN(C)c2cc(C)cc(C)c2)c1CCC(=O)OCC. The van der Waals surface area contributed by atoms with Gasteiger partial charge in [-0.3, -0.25) is 9.59 Å². The smallest absolute Gasteiger partial charge is 0.306 e. The maximum absolute atomic E-state index is 12.0. The summed E-state index contributed by atoms with van der Waals surface area (Å²) >= 11 is 0. The number of ether oxygens (including phenoxy) is 3. The van der Waals surface area contributed by atoms with Crippen LogP contribution in [-0.4, -0.2) is 45.4 Å². The molecule has 38 heavy (non-hydrogen) atoms. The largest absolute Gasteiger partial charge is 0.493 e. The third kappa shape index (κ3) is 11.6. The second-order valence-electron chi connectivity index (χ2n) is 9.89. The monoisotopic (exact) mass is 525 g/mol. The first-order valence-corrected chi connectivity index (χ1v) is 14.2. The molecule has 0 unspecified atom stereocenters. The lowest BCUT2D eigenvalue weighted by Gasteiger charge is -2.20. The minimum Gasteiger partial charge on any atom is -0.493 e. The topological polar surface area (TPSA) is 65.1 Å². The lowest BCUT2D eigenvalue weighted by molar-refractivity contribution is -0.144. The summed E-state index contributed by atoms with van der Waals surface area (Å²) in [5, 5.41) is 0. The maximum Gasteiger partial charge on any atom is 0.306 e. The molecule has 0 aromatic heterocycles. The van der Waals surface area contributed by atoms with Gasteiger partial charge in [0, 0.05) is 32.1 Å². The molecule has 0 saturated carbocycles. The Morgan fingerprint density at radius 2 is 1.45 bits per heavy atom. The van der Waals surface area contributed by atoms with E-state index in [1.165, 1.54) is 28.8 Å². The van der Waals surface area contributed by atoms with Crippen LogP contribution in [-0.2, 0) is 31.9 Å². The molecule has 0 aliphatic carbocycles. The molecule has 0 heterocycles. The number of aryl methyl sites for hydroxylation is 3. The van der Waals surface area contributed by atoms with Crippen molar-refractivity contribution in [1.29, 1.82) is 0 Å². The first kappa shape index (κ1) is 31.2. The Hall–Kier alpha value is -3.02. The number of nitrogens with zero attached hydrogens (tertiary/aromatic N) is 1. The molecule has 0 N–H and O–H groups in total. The van der Waals surface area contributed by atoms with Gasteiger partial charge in [-0.2, -0.15) is 0 Å². The molecule has 0 spiro atoms. The van der Waals surface area contributed by atoms with E-state index in [9.17, 15) is 9.59 Å². The van der Waals surface area contributed by atoms with Gasteiger partial charge in [0.05, 0.1) is 19.8 Å². The summed E-state index contributed by atoms with van der Waals surface area (Å²) in [5.41, 5.74) is 6.19. The van der Waals surface area contributed by atoms with Crippen LogP contribution in [0.2, 0.25) is 0 Å². The first-order valence-electron chi connectivity index (χ1n) is 14.2. The van der Waals surface area contributed by atoms with Gasteiger partial charge in [-0.05, 0) is 100 Å². The number of anilines is 1. The highest BCUT2D eigenvalue weighted by Gasteiger charge is 2.13. The minimum atomic E-state index is -0.201. The standard InChI is InChI=1S/C32H47NO5/c1-6-36-31(34)17-13-21-38-30-16-12-15-27(29(30)18-19-32(35)37-7-2)14-10-8-9-11-20-33(5)28-23-25(3)22-26(4)24-28/h12,15-16,22-24H,6-11,13-14,17-21H2,1-5H3. The van der Waals surface area contributed by atoms with Crippen LogP contribution < -0.4 is 9.64 Å². The summed E-state index contributed by atoms with van der Waals surface area (Å²) in [5.74, 6) is 0.404. The Morgan fingerprint density at radius 1 is 0.789 bits per heavy atom. The van der Waals surface area contributed by atoms with E-state index < -0.39 is 0 Å². The van der Waals surface area contributed by atoms with E-state index in [1.807, 2.05) is 19.1 Å². The van der Waals surface area contributed by atoms with Crippen molar-refractivity contribution in [3.8, 4) is 5.75 Å². The fraction of sp³-hybridized carbons (Fsp3) is 0.562. The third-order valence-electron chi connectivity index (χ3n) is 6.54. The Labute approximate surface area is 229 Å². The number of benzene rings is 2. The zero-order chi connectivity index (χ0) is 27.8. The van der Waals surface area contributed by atoms with Crippen molar-refractivity contribution >= 4 is 17.6 Å². The second kappa shape index (κ2) is 17.5. The van der Waals surface area contributed by atoms with Gasteiger partial charge in [-0.25, -0.2) is 0 Å². The molecule has 210 valence electrons. The van der Waals surface area contributed by atoms with E-state index >= 15 is 0 Å². The van der Waals surface area contributed by atoms with Crippen molar-refractivity contribution in [2.45, 2.75) is 85.5 Å². The molecule has 0 saturated heterocycles. The van der Waals surface area contributed by atoms with Gasteiger partial charge in [0.2, 0.25) is 0 Å². The van der Waals surface area contributed by atoms with Crippen molar-refractivity contribution < 1.29 is 23.8 Å². The molecule has 0 amide bonds. The highest BCUT2D eigenvalue weighted by molar-refractivity contribution is 5.70. The lowest BCUT2D eigenvalue weighted by atomic mass is 9.96. The second-order valence-corrected chi connectivity index (χ2v) is 9.89. The average molecular weight is 526 g/mol. The Kier molecular flexibility index (Phi) is 14.4. The molecule has 6 nitrogen and oxygen atoms in total. The van der Waals surface area contributed by atoms with Gasteiger partial charge in [-0.1, -0.05) is 31.0 Å². The molecule has 2 aromatic carbocycles. The normalized spacial score (nSPS) is 10.8. The maximum atomic E-state index is 12.0. The van der Waals surface area contributed by atoms with Crippen LogP contribution in [0.3, 0.4) is 0 Å². The summed E-state index contributed by atoms with van der Waals surface area (Å²) in [6.45, 7) is 10.2. The van der Waals surface area contributed by atoms with E-state index in [4.69, 9.17) is 14.2 Å². The average Bonchev–Trinajstić information content (AvgIpc) is 2.87. The van der Waals surface area contributed by atoms with Gasteiger partial charge in [-0.15, -0.1) is 0 Å². The Bertz CT molecular complexity index is 983. The quantitative estimate of drug-likeness (QED) is 0.158. The van der Waals surface area contributed by atoms with Crippen molar-refractivity contribution in [1.82, 2.24) is 0 Å². The van der Waals surface area contributed by atoms with E-state index in [-0.39, 0.29) is 11.9 Å². The first-order chi connectivity index (χ1) is 18.3. The summed E-state index contributed by atoms with van der Waals surface area (Å²) in [7, 11) is 2.17. The fourth-order valence-electron chi connectivity index (χ4n) is 4.67. The molecule has 6 heteroatoms. The number of hydrogen-bond acceptors (Lipinski definition) is 6. The molecule has 2 aromatic rings. The van der Waals surface area contributed by atoms with E-state index in [2.05, 4.69) is 50.1 Å². The highest BCUT2D eigenvalue weighted by atomic mass is 16.5.